The lowest BCUT2D eigenvalue weighted by molar-refractivity contribution is 0.0691. The molecule has 148 valence electrons. The van der Waals surface area contributed by atoms with Crippen LogP contribution in [0.3, 0.4) is 0 Å². The quantitative estimate of drug-likeness (QED) is 0.877. The van der Waals surface area contributed by atoms with E-state index in [0.717, 1.165) is 44.5 Å². The van der Waals surface area contributed by atoms with Gasteiger partial charge in [0.25, 0.3) is 5.91 Å². The fourth-order valence-electron chi connectivity index (χ4n) is 3.67. The highest BCUT2D eigenvalue weighted by Crippen LogP contribution is 2.20. The van der Waals surface area contributed by atoms with Crippen molar-refractivity contribution >= 4 is 17.7 Å². The number of pyridine rings is 1. The monoisotopic (exact) mass is 374 g/mol. The molecule has 1 aromatic heterocycles. The molecule has 2 fully saturated rings. The second-order valence-corrected chi connectivity index (χ2v) is 7.51. The molecule has 3 heterocycles. The molecule has 0 aliphatic carbocycles. The van der Waals surface area contributed by atoms with Crippen LogP contribution in [0.15, 0.2) is 18.3 Å². The second-order valence-electron chi connectivity index (χ2n) is 7.51. The van der Waals surface area contributed by atoms with Crippen molar-refractivity contribution in [2.45, 2.75) is 45.6 Å². The maximum Gasteiger partial charge on any atom is 0.409 e. The van der Waals surface area contributed by atoms with E-state index >= 15 is 0 Å². The maximum atomic E-state index is 12.7. The Labute approximate surface area is 161 Å². The van der Waals surface area contributed by atoms with E-state index in [0.29, 0.717) is 31.3 Å². The topological polar surface area (TPSA) is 74.8 Å². The summed E-state index contributed by atoms with van der Waals surface area (Å²) in [6.07, 6.45) is 5.29. The molecule has 7 heteroatoms. The van der Waals surface area contributed by atoms with Gasteiger partial charge >= 0.3 is 6.09 Å². The Morgan fingerprint density at radius 3 is 2.48 bits per heavy atom. The fraction of sp³-hybridized carbons (Fsp3) is 0.650. The predicted octanol–water partition coefficient (Wildman–Crippen LogP) is 2.99. The molecule has 0 radical (unpaired) electrons. The summed E-state index contributed by atoms with van der Waals surface area (Å²) in [5.41, 5.74) is 1.41. The van der Waals surface area contributed by atoms with Gasteiger partial charge in [-0.1, -0.05) is 6.92 Å². The van der Waals surface area contributed by atoms with Gasteiger partial charge in [0.2, 0.25) is 0 Å². The summed E-state index contributed by atoms with van der Waals surface area (Å²) in [5, 5.41) is 3.49. The predicted molar refractivity (Wildman–Crippen MR) is 104 cm³/mol. The molecule has 0 atom stereocenters. The van der Waals surface area contributed by atoms with E-state index in [1.807, 2.05) is 24.0 Å². The van der Waals surface area contributed by atoms with Crippen LogP contribution in [-0.4, -0.2) is 65.6 Å². The first-order valence-electron chi connectivity index (χ1n) is 10.0. The smallest absolute Gasteiger partial charge is 0.409 e. The summed E-state index contributed by atoms with van der Waals surface area (Å²) in [6, 6.07) is 4.02. The number of carbonyl (C=O) groups is 2. The summed E-state index contributed by atoms with van der Waals surface area (Å²) in [5.74, 6) is 0.707. The summed E-state index contributed by atoms with van der Waals surface area (Å²) in [6.45, 7) is 7.44. The number of piperidine rings is 2. The van der Waals surface area contributed by atoms with Gasteiger partial charge in [0, 0.05) is 44.1 Å². The van der Waals surface area contributed by atoms with E-state index in [2.05, 4.69) is 17.2 Å². The van der Waals surface area contributed by atoms with Crippen molar-refractivity contribution in [1.29, 1.82) is 0 Å². The maximum absolute atomic E-state index is 12.7. The number of amides is 2. The first-order chi connectivity index (χ1) is 13.1. The van der Waals surface area contributed by atoms with Gasteiger partial charge in [-0.25, -0.2) is 4.79 Å². The molecule has 0 bridgehead atoms. The van der Waals surface area contributed by atoms with Gasteiger partial charge in [-0.05, 0) is 50.7 Å². The summed E-state index contributed by atoms with van der Waals surface area (Å²) < 4.78 is 5.06. The molecule has 2 saturated heterocycles. The number of likely N-dealkylation sites (tertiary alicyclic amines) is 2. The molecule has 0 aromatic carbocycles. The standard InChI is InChI=1S/C20H30N4O3/c1-3-27-20(26)24-12-7-16(8-13-24)22-17-4-9-21-18(14-17)19(25)23-10-5-15(2)6-11-23/h4,9,14-16H,3,5-8,10-13H2,1-2H3,(H,21,22). The van der Waals surface area contributed by atoms with Crippen LogP contribution < -0.4 is 5.32 Å². The largest absolute Gasteiger partial charge is 0.450 e. The first kappa shape index (κ1) is 19.5. The van der Waals surface area contributed by atoms with E-state index in [9.17, 15) is 9.59 Å². The molecule has 0 saturated carbocycles. The van der Waals surface area contributed by atoms with Crippen molar-refractivity contribution in [2.24, 2.45) is 5.92 Å². The van der Waals surface area contributed by atoms with Crippen molar-refractivity contribution in [3.8, 4) is 0 Å². The third-order valence-corrected chi connectivity index (χ3v) is 5.44. The lowest BCUT2D eigenvalue weighted by Crippen LogP contribution is -2.42. The highest BCUT2D eigenvalue weighted by atomic mass is 16.6. The number of hydrogen-bond acceptors (Lipinski definition) is 5. The zero-order chi connectivity index (χ0) is 19.2. The van der Waals surface area contributed by atoms with Crippen molar-refractivity contribution in [1.82, 2.24) is 14.8 Å². The van der Waals surface area contributed by atoms with Gasteiger partial charge in [0.1, 0.15) is 5.69 Å². The number of rotatable bonds is 4. The molecule has 0 unspecified atom stereocenters. The van der Waals surface area contributed by atoms with Crippen LogP contribution in [-0.2, 0) is 4.74 Å². The number of nitrogens with one attached hydrogen (secondary N) is 1. The minimum Gasteiger partial charge on any atom is -0.450 e. The van der Waals surface area contributed by atoms with Crippen LogP contribution in [0.1, 0.15) is 50.0 Å². The Balaban J connectivity index is 1.54. The molecular formula is C20H30N4O3. The molecular weight excluding hydrogens is 344 g/mol. The molecule has 0 spiro atoms. The van der Waals surface area contributed by atoms with Gasteiger partial charge in [0.15, 0.2) is 0 Å². The van der Waals surface area contributed by atoms with Crippen LogP contribution in [0.2, 0.25) is 0 Å². The number of anilines is 1. The number of nitrogens with zero attached hydrogens (tertiary/aromatic N) is 3. The van der Waals surface area contributed by atoms with E-state index < -0.39 is 0 Å². The molecule has 2 aliphatic rings. The Kier molecular flexibility index (Phi) is 6.53. The molecule has 1 aromatic rings. The minimum atomic E-state index is -0.233. The van der Waals surface area contributed by atoms with Crippen LogP contribution in [0, 0.1) is 5.92 Å². The van der Waals surface area contributed by atoms with Gasteiger partial charge in [0.05, 0.1) is 6.61 Å². The normalized spacial score (nSPS) is 19.0. The van der Waals surface area contributed by atoms with Crippen molar-refractivity contribution in [2.75, 3.05) is 38.1 Å². The van der Waals surface area contributed by atoms with Gasteiger partial charge in [-0.15, -0.1) is 0 Å². The van der Waals surface area contributed by atoms with E-state index in [4.69, 9.17) is 4.74 Å². The molecule has 2 aliphatic heterocycles. The Bertz CT molecular complexity index is 650. The SMILES string of the molecule is CCOC(=O)N1CCC(Nc2ccnc(C(=O)N3CCC(C)CC3)c2)CC1. The van der Waals surface area contributed by atoms with Crippen LogP contribution in [0.4, 0.5) is 10.5 Å². The first-order valence-corrected chi connectivity index (χ1v) is 10.0. The zero-order valence-electron chi connectivity index (χ0n) is 16.3. The summed E-state index contributed by atoms with van der Waals surface area (Å²) in [4.78, 5) is 32.4. The molecule has 3 rings (SSSR count). The van der Waals surface area contributed by atoms with Crippen molar-refractivity contribution in [3.05, 3.63) is 24.0 Å². The molecule has 2 amide bonds. The highest BCUT2D eigenvalue weighted by Gasteiger charge is 2.25. The van der Waals surface area contributed by atoms with Crippen LogP contribution in [0.25, 0.3) is 0 Å². The van der Waals surface area contributed by atoms with E-state index in [1.165, 1.54) is 0 Å². The number of ether oxygens (including phenoxy) is 1. The lowest BCUT2D eigenvalue weighted by Gasteiger charge is -2.32. The highest BCUT2D eigenvalue weighted by molar-refractivity contribution is 5.93. The minimum absolute atomic E-state index is 0.0164. The number of aromatic nitrogens is 1. The van der Waals surface area contributed by atoms with Crippen molar-refractivity contribution < 1.29 is 14.3 Å². The van der Waals surface area contributed by atoms with Gasteiger partial charge in [-0.3, -0.25) is 9.78 Å². The second kappa shape index (κ2) is 9.06. The van der Waals surface area contributed by atoms with E-state index in [-0.39, 0.29) is 18.0 Å². The number of carbonyl (C=O) groups excluding carboxylic acids is 2. The zero-order valence-corrected chi connectivity index (χ0v) is 16.3. The average molecular weight is 374 g/mol. The summed E-state index contributed by atoms with van der Waals surface area (Å²) >= 11 is 0. The fourth-order valence-corrected chi connectivity index (χ4v) is 3.67. The summed E-state index contributed by atoms with van der Waals surface area (Å²) in [7, 11) is 0. The van der Waals surface area contributed by atoms with Crippen molar-refractivity contribution in [3.63, 3.8) is 0 Å². The van der Waals surface area contributed by atoms with Gasteiger partial charge < -0.3 is 19.9 Å². The van der Waals surface area contributed by atoms with Crippen LogP contribution >= 0.6 is 0 Å². The molecule has 1 N–H and O–H groups in total. The Morgan fingerprint density at radius 1 is 1.15 bits per heavy atom. The lowest BCUT2D eigenvalue weighted by atomic mass is 9.99. The van der Waals surface area contributed by atoms with E-state index in [1.54, 1.807) is 11.1 Å². The number of hydrogen-bond donors (Lipinski definition) is 1. The molecule has 7 nitrogen and oxygen atoms in total. The third-order valence-electron chi connectivity index (χ3n) is 5.44. The Morgan fingerprint density at radius 2 is 1.81 bits per heavy atom. The van der Waals surface area contributed by atoms with Gasteiger partial charge in [-0.2, -0.15) is 0 Å². The molecule has 27 heavy (non-hydrogen) atoms. The van der Waals surface area contributed by atoms with Crippen LogP contribution in [0.5, 0.6) is 0 Å². The third kappa shape index (κ3) is 5.11. The Hall–Kier alpha value is -2.31. The average Bonchev–Trinajstić information content (AvgIpc) is 2.69.